The van der Waals surface area contributed by atoms with Crippen LogP contribution in [-0.2, 0) is 9.47 Å². The molecule has 2 saturated heterocycles. The van der Waals surface area contributed by atoms with Crippen LogP contribution in [0.25, 0.3) is 0 Å². The van der Waals surface area contributed by atoms with E-state index in [9.17, 15) is 15.3 Å². The van der Waals surface area contributed by atoms with Crippen molar-refractivity contribution in [2.24, 2.45) is 52.3 Å². The van der Waals surface area contributed by atoms with Crippen LogP contribution in [0.5, 0.6) is 0 Å². The van der Waals surface area contributed by atoms with Gasteiger partial charge in [0.15, 0.2) is 5.79 Å². The largest absolute Gasteiger partial charge is 0.393 e. The van der Waals surface area contributed by atoms with E-state index in [2.05, 4.69) is 27.7 Å². The van der Waals surface area contributed by atoms with Gasteiger partial charge in [0.05, 0.1) is 24.9 Å². The van der Waals surface area contributed by atoms with Gasteiger partial charge in [0.25, 0.3) is 0 Å². The molecule has 1 spiro atoms. The van der Waals surface area contributed by atoms with Crippen molar-refractivity contribution < 1.29 is 24.8 Å². The molecular formula is C27H44O5. The number of ether oxygens (including phenoxy) is 2. The van der Waals surface area contributed by atoms with Gasteiger partial charge in [0.1, 0.15) is 6.10 Å². The molecule has 182 valence electrons. The molecule has 5 nitrogen and oxygen atoms in total. The smallest absolute Gasteiger partial charge is 0.197 e. The third kappa shape index (κ3) is 2.75. The van der Waals surface area contributed by atoms with Crippen LogP contribution < -0.4 is 0 Å². The molecule has 6 rings (SSSR count). The Morgan fingerprint density at radius 3 is 2.31 bits per heavy atom. The van der Waals surface area contributed by atoms with Crippen molar-refractivity contribution in [1.29, 1.82) is 0 Å². The normalized spacial score (nSPS) is 64.0. The lowest BCUT2D eigenvalue weighted by Gasteiger charge is -2.62. The Labute approximate surface area is 193 Å². The van der Waals surface area contributed by atoms with Gasteiger partial charge in [-0.15, -0.1) is 0 Å². The van der Waals surface area contributed by atoms with Crippen LogP contribution in [0, 0.1) is 52.3 Å². The van der Waals surface area contributed by atoms with Gasteiger partial charge < -0.3 is 24.8 Å². The summed E-state index contributed by atoms with van der Waals surface area (Å²) in [5, 5.41) is 32.6. The van der Waals surface area contributed by atoms with E-state index in [4.69, 9.17) is 9.47 Å². The van der Waals surface area contributed by atoms with Crippen molar-refractivity contribution in [3.8, 4) is 0 Å². The Morgan fingerprint density at radius 1 is 0.812 bits per heavy atom. The minimum Gasteiger partial charge on any atom is -0.393 e. The van der Waals surface area contributed by atoms with E-state index in [1.807, 2.05) is 0 Å². The first-order valence-electron chi connectivity index (χ1n) is 13.5. The maximum absolute atomic E-state index is 11.2. The minimum absolute atomic E-state index is 0.146. The molecule has 4 aliphatic carbocycles. The van der Waals surface area contributed by atoms with Gasteiger partial charge >= 0.3 is 0 Å². The third-order valence-electron chi connectivity index (χ3n) is 11.9. The van der Waals surface area contributed by atoms with Crippen molar-refractivity contribution >= 4 is 0 Å². The Hall–Kier alpha value is -0.200. The van der Waals surface area contributed by atoms with E-state index in [0.717, 1.165) is 38.5 Å². The number of hydrogen-bond acceptors (Lipinski definition) is 5. The molecule has 0 aromatic carbocycles. The van der Waals surface area contributed by atoms with Gasteiger partial charge in [-0.2, -0.15) is 0 Å². The van der Waals surface area contributed by atoms with Crippen LogP contribution in [0.1, 0.15) is 79.1 Å². The van der Waals surface area contributed by atoms with E-state index in [1.54, 1.807) is 0 Å². The first-order valence-corrected chi connectivity index (χ1v) is 13.5. The Morgan fingerprint density at radius 2 is 1.56 bits per heavy atom. The molecule has 5 heteroatoms. The van der Waals surface area contributed by atoms with Crippen LogP contribution >= 0.6 is 0 Å². The topological polar surface area (TPSA) is 79.2 Å². The fourth-order valence-corrected chi connectivity index (χ4v) is 10.4. The van der Waals surface area contributed by atoms with Gasteiger partial charge in [-0.3, -0.25) is 0 Å². The molecule has 6 aliphatic rings. The molecule has 32 heavy (non-hydrogen) atoms. The van der Waals surface area contributed by atoms with Crippen molar-refractivity contribution in [1.82, 2.24) is 0 Å². The molecule has 2 heterocycles. The second kappa shape index (κ2) is 7.16. The van der Waals surface area contributed by atoms with E-state index in [0.29, 0.717) is 36.2 Å². The third-order valence-corrected chi connectivity index (χ3v) is 11.9. The summed E-state index contributed by atoms with van der Waals surface area (Å²) in [5.74, 6) is 2.12. The molecule has 6 fully saturated rings. The quantitative estimate of drug-likeness (QED) is 0.526. The maximum Gasteiger partial charge on any atom is 0.197 e. The summed E-state index contributed by atoms with van der Waals surface area (Å²) in [5.41, 5.74) is 0.324. The first kappa shape index (κ1) is 22.3. The summed E-state index contributed by atoms with van der Waals surface area (Å²) in [6.07, 6.45) is 6.86. The van der Waals surface area contributed by atoms with E-state index < -0.39 is 11.9 Å². The fourth-order valence-electron chi connectivity index (χ4n) is 10.4. The number of aliphatic hydroxyl groups is 3. The summed E-state index contributed by atoms with van der Waals surface area (Å²) in [6.45, 7) is 9.98. The molecule has 0 aromatic rings. The van der Waals surface area contributed by atoms with Crippen LogP contribution in [0.2, 0.25) is 0 Å². The van der Waals surface area contributed by atoms with Gasteiger partial charge in [-0.1, -0.05) is 27.7 Å². The molecular weight excluding hydrogens is 404 g/mol. The lowest BCUT2D eigenvalue weighted by atomic mass is 9.43. The van der Waals surface area contributed by atoms with Gasteiger partial charge in [-0.05, 0) is 97.7 Å². The molecule has 0 bridgehead atoms. The molecule has 0 amide bonds. The van der Waals surface area contributed by atoms with Gasteiger partial charge in [0.2, 0.25) is 0 Å². The first-order chi connectivity index (χ1) is 15.1. The predicted octanol–water partition coefficient (Wildman–Crippen LogP) is 3.74. The van der Waals surface area contributed by atoms with E-state index >= 15 is 0 Å². The average Bonchev–Trinajstić information content (AvgIpc) is 3.18. The van der Waals surface area contributed by atoms with Crippen molar-refractivity contribution in [3.63, 3.8) is 0 Å². The monoisotopic (exact) mass is 448 g/mol. The van der Waals surface area contributed by atoms with Crippen LogP contribution in [0.3, 0.4) is 0 Å². The second-order valence-electron chi connectivity index (χ2n) is 13.4. The van der Waals surface area contributed by atoms with Crippen LogP contribution in [0.15, 0.2) is 0 Å². The molecule has 2 aliphatic heterocycles. The Kier molecular flexibility index (Phi) is 4.99. The molecule has 3 N–H and O–H groups in total. The highest BCUT2D eigenvalue weighted by atomic mass is 16.7. The van der Waals surface area contributed by atoms with E-state index in [1.165, 1.54) is 12.8 Å². The minimum atomic E-state index is -0.824. The predicted molar refractivity (Wildman–Crippen MR) is 121 cm³/mol. The van der Waals surface area contributed by atoms with Crippen LogP contribution in [0.4, 0.5) is 0 Å². The molecule has 0 aromatic heterocycles. The molecule has 0 radical (unpaired) electrons. The van der Waals surface area contributed by atoms with Crippen molar-refractivity contribution in [2.45, 2.75) is 109 Å². The zero-order chi connectivity index (χ0) is 22.6. The highest BCUT2D eigenvalue weighted by Gasteiger charge is 2.71. The number of hydrogen-bond donors (Lipinski definition) is 3. The second-order valence-corrected chi connectivity index (χ2v) is 13.4. The zero-order valence-electron chi connectivity index (χ0n) is 20.4. The molecule has 14 atom stereocenters. The summed E-state index contributed by atoms with van der Waals surface area (Å²) >= 11 is 0. The summed E-state index contributed by atoms with van der Waals surface area (Å²) in [7, 11) is 0. The lowest BCUT2D eigenvalue weighted by molar-refractivity contribution is -0.316. The highest BCUT2D eigenvalue weighted by molar-refractivity contribution is 5.17. The summed E-state index contributed by atoms with van der Waals surface area (Å²) < 4.78 is 13.0. The Bertz CT molecular complexity index is 758. The fraction of sp³-hybridized carbons (Fsp3) is 1.00. The molecule has 1 unspecified atom stereocenters. The Balaban J connectivity index is 1.29. The van der Waals surface area contributed by atoms with Crippen LogP contribution in [-0.4, -0.2) is 52.1 Å². The van der Waals surface area contributed by atoms with Gasteiger partial charge in [0, 0.05) is 5.92 Å². The number of fused-ring (bicyclic) bond motifs is 7. The number of aliphatic hydroxyl groups excluding tert-OH is 3. The molecule has 4 saturated carbocycles. The maximum atomic E-state index is 11.2. The average molecular weight is 449 g/mol. The number of rotatable bonds is 0. The summed E-state index contributed by atoms with van der Waals surface area (Å²) in [4.78, 5) is 0. The van der Waals surface area contributed by atoms with Crippen molar-refractivity contribution in [2.75, 3.05) is 6.61 Å². The van der Waals surface area contributed by atoms with Crippen molar-refractivity contribution in [3.05, 3.63) is 0 Å². The standard InChI is InChI=1S/C27H44O5/c1-14-9-23(30)27(31-13-14)15(2)24-22(32-27)12-19-17-11-21(29)20-10-16(28)5-7-25(20,3)18(17)6-8-26(19,24)4/h14-24,28-30H,5-13H2,1-4H3/t14-,15+,16+,17-,18+,19+,20-,21+,22+,23-,24+,25-,26+,27?/m1/s1. The van der Waals surface area contributed by atoms with E-state index in [-0.39, 0.29) is 41.0 Å². The summed E-state index contributed by atoms with van der Waals surface area (Å²) in [6, 6.07) is 0. The zero-order valence-corrected chi connectivity index (χ0v) is 20.4. The van der Waals surface area contributed by atoms with Gasteiger partial charge in [-0.25, -0.2) is 0 Å². The SMILES string of the molecule is C[C@H]1COC2(O[C@H]3C[C@H]4[C@@H]5C[C@H](O)[C@H]6C[C@@H](O)CC[C@]6(C)[C@H]5CC[C@]4(C)[C@H]3[C@@H]2C)[C@H](O)C1. The highest BCUT2D eigenvalue weighted by Crippen LogP contribution is 2.71. The lowest BCUT2D eigenvalue weighted by Crippen LogP contribution is -2.59.